The quantitative estimate of drug-likeness (QED) is 0.849. The second kappa shape index (κ2) is 11.3. The lowest BCUT2D eigenvalue weighted by Crippen LogP contribution is -2.42. The first kappa shape index (κ1) is 20.7. The van der Waals surface area contributed by atoms with Crippen LogP contribution in [0.2, 0.25) is 0 Å². The van der Waals surface area contributed by atoms with Gasteiger partial charge in [-0.2, -0.15) is 0 Å². The van der Waals surface area contributed by atoms with Crippen molar-refractivity contribution in [1.29, 1.82) is 0 Å². The van der Waals surface area contributed by atoms with Gasteiger partial charge in [0, 0.05) is 51.4 Å². The molecule has 132 valence electrons. The van der Waals surface area contributed by atoms with E-state index in [4.69, 9.17) is 4.74 Å². The number of hydrogen-bond acceptors (Lipinski definition) is 4. The van der Waals surface area contributed by atoms with Crippen molar-refractivity contribution in [3.05, 3.63) is 59.8 Å². The van der Waals surface area contributed by atoms with E-state index in [1.54, 1.807) is 6.20 Å². The number of ether oxygens (including phenoxy) is 1. The predicted octanol–water partition coefficient (Wildman–Crippen LogP) is 2.95. The van der Waals surface area contributed by atoms with Gasteiger partial charge in [-0.3, -0.25) is 4.90 Å². The highest BCUT2D eigenvalue weighted by atomic mass is 35.5. The molecule has 1 N–H and O–H groups in total. The molecule has 2 aromatic rings. The first-order valence-corrected chi connectivity index (χ1v) is 7.95. The van der Waals surface area contributed by atoms with E-state index < -0.39 is 0 Å². The molecule has 0 unspecified atom stereocenters. The van der Waals surface area contributed by atoms with Crippen LogP contribution in [0.15, 0.2) is 48.7 Å². The maximum atomic E-state index is 5.64. The molecule has 0 aliphatic carbocycles. The summed E-state index contributed by atoms with van der Waals surface area (Å²) in [6.07, 6.45) is 2.66. The summed E-state index contributed by atoms with van der Waals surface area (Å²) in [7, 11) is 0. The number of benzene rings is 1. The molecule has 1 aliphatic rings. The number of nitrogens with zero attached hydrogens (tertiary/aromatic N) is 2. The minimum atomic E-state index is 0. The average molecular weight is 370 g/mol. The lowest BCUT2D eigenvalue weighted by molar-refractivity contribution is 0.233. The summed E-state index contributed by atoms with van der Waals surface area (Å²) in [5.74, 6) is 0.692. The molecule has 0 spiro atoms. The Morgan fingerprint density at radius 1 is 0.958 bits per heavy atom. The maximum Gasteiger partial charge on any atom is 0.213 e. The van der Waals surface area contributed by atoms with Crippen molar-refractivity contribution in [3.63, 3.8) is 0 Å². The largest absolute Gasteiger partial charge is 0.477 e. The van der Waals surface area contributed by atoms with Gasteiger partial charge < -0.3 is 10.1 Å². The number of aromatic nitrogens is 1. The van der Waals surface area contributed by atoms with Crippen LogP contribution in [0.1, 0.15) is 11.1 Å². The summed E-state index contributed by atoms with van der Waals surface area (Å²) in [5, 5.41) is 3.39. The van der Waals surface area contributed by atoms with Gasteiger partial charge in [-0.05, 0) is 17.2 Å². The minimum absolute atomic E-state index is 0. The van der Waals surface area contributed by atoms with Gasteiger partial charge in [0.15, 0.2) is 0 Å². The van der Waals surface area contributed by atoms with E-state index in [1.165, 1.54) is 11.1 Å². The Morgan fingerprint density at radius 2 is 1.67 bits per heavy atom. The van der Waals surface area contributed by atoms with Crippen LogP contribution in [0.25, 0.3) is 0 Å². The van der Waals surface area contributed by atoms with Gasteiger partial charge in [-0.15, -0.1) is 24.8 Å². The highest BCUT2D eigenvalue weighted by Crippen LogP contribution is 2.10. The number of rotatable bonds is 6. The SMILES string of the molecule is Cl.Cl.c1ccc(OCCc2ccc(CN3CCNCC3)cc2)nc1. The molecule has 1 saturated heterocycles. The Morgan fingerprint density at radius 3 is 2.33 bits per heavy atom. The van der Waals surface area contributed by atoms with E-state index in [-0.39, 0.29) is 24.8 Å². The molecule has 1 fully saturated rings. The molecule has 0 amide bonds. The Kier molecular flexibility index (Phi) is 9.72. The number of nitrogens with one attached hydrogen (secondary N) is 1. The highest BCUT2D eigenvalue weighted by molar-refractivity contribution is 5.85. The van der Waals surface area contributed by atoms with Gasteiger partial charge in [0.2, 0.25) is 5.88 Å². The normalized spacial score (nSPS) is 14.3. The fourth-order valence-electron chi connectivity index (χ4n) is 2.64. The summed E-state index contributed by atoms with van der Waals surface area (Å²) in [5.41, 5.74) is 2.69. The molecule has 1 aromatic carbocycles. The maximum absolute atomic E-state index is 5.64. The van der Waals surface area contributed by atoms with Gasteiger partial charge in [-0.25, -0.2) is 4.98 Å². The standard InChI is InChI=1S/C18H23N3O.2ClH/c1-2-9-20-18(3-1)22-14-8-16-4-6-17(7-5-16)15-21-12-10-19-11-13-21;;/h1-7,9,19H,8,10-15H2;2*1H. The Bertz CT molecular complexity index is 560. The van der Waals surface area contributed by atoms with Crippen molar-refractivity contribution in [2.75, 3.05) is 32.8 Å². The monoisotopic (exact) mass is 369 g/mol. The summed E-state index contributed by atoms with van der Waals surface area (Å²) in [4.78, 5) is 6.65. The lowest BCUT2D eigenvalue weighted by Gasteiger charge is -2.27. The molecular weight excluding hydrogens is 345 g/mol. The van der Waals surface area contributed by atoms with E-state index in [2.05, 4.69) is 39.5 Å². The van der Waals surface area contributed by atoms with Crippen LogP contribution in [-0.2, 0) is 13.0 Å². The van der Waals surface area contributed by atoms with Crippen molar-refractivity contribution < 1.29 is 4.74 Å². The molecule has 24 heavy (non-hydrogen) atoms. The molecule has 0 saturated carbocycles. The molecule has 1 aliphatic heterocycles. The second-order valence-corrected chi connectivity index (χ2v) is 5.61. The Hall–Kier alpha value is -1.33. The van der Waals surface area contributed by atoms with E-state index in [1.807, 2.05) is 18.2 Å². The summed E-state index contributed by atoms with van der Waals surface area (Å²) in [6, 6.07) is 14.6. The number of halogens is 2. The van der Waals surface area contributed by atoms with E-state index >= 15 is 0 Å². The van der Waals surface area contributed by atoms with Gasteiger partial charge in [-0.1, -0.05) is 30.3 Å². The smallest absolute Gasteiger partial charge is 0.213 e. The third-order valence-electron chi connectivity index (χ3n) is 3.92. The first-order chi connectivity index (χ1) is 10.9. The van der Waals surface area contributed by atoms with Crippen LogP contribution in [-0.4, -0.2) is 42.7 Å². The van der Waals surface area contributed by atoms with Crippen molar-refractivity contribution in [2.24, 2.45) is 0 Å². The van der Waals surface area contributed by atoms with Crippen LogP contribution >= 0.6 is 24.8 Å². The Labute approximate surface area is 156 Å². The van der Waals surface area contributed by atoms with Gasteiger partial charge in [0.1, 0.15) is 0 Å². The molecule has 2 heterocycles. The molecule has 0 bridgehead atoms. The molecule has 4 nitrogen and oxygen atoms in total. The van der Waals surface area contributed by atoms with Crippen molar-refractivity contribution in [3.8, 4) is 5.88 Å². The van der Waals surface area contributed by atoms with Crippen LogP contribution < -0.4 is 10.1 Å². The number of hydrogen-bond donors (Lipinski definition) is 1. The third kappa shape index (κ3) is 6.65. The minimum Gasteiger partial charge on any atom is -0.477 e. The Balaban J connectivity index is 0.00000144. The summed E-state index contributed by atoms with van der Waals surface area (Å²) in [6.45, 7) is 6.19. The molecule has 0 atom stereocenters. The average Bonchev–Trinajstić information content (AvgIpc) is 2.58. The fourth-order valence-corrected chi connectivity index (χ4v) is 2.64. The van der Waals surface area contributed by atoms with Crippen molar-refractivity contribution >= 4 is 24.8 Å². The molecule has 0 radical (unpaired) electrons. The van der Waals surface area contributed by atoms with E-state index in [9.17, 15) is 0 Å². The summed E-state index contributed by atoms with van der Waals surface area (Å²) < 4.78 is 5.64. The van der Waals surface area contributed by atoms with Crippen molar-refractivity contribution in [2.45, 2.75) is 13.0 Å². The zero-order chi connectivity index (χ0) is 15.0. The van der Waals surface area contributed by atoms with E-state index in [0.29, 0.717) is 12.5 Å². The topological polar surface area (TPSA) is 37.4 Å². The second-order valence-electron chi connectivity index (χ2n) is 5.61. The van der Waals surface area contributed by atoms with Crippen molar-refractivity contribution in [1.82, 2.24) is 15.2 Å². The zero-order valence-electron chi connectivity index (χ0n) is 13.7. The van der Waals surface area contributed by atoms with E-state index in [0.717, 1.165) is 39.1 Å². The van der Waals surface area contributed by atoms with Crippen LogP contribution in [0.3, 0.4) is 0 Å². The third-order valence-corrected chi connectivity index (χ3v) is 3.92. The van der Waals surface area contributed by atoms with Crippen LogP contribution in [0.4, 0.5) is 0 Å². The molecule has 1 aromatic heterocycles. The molecular formula is C18H25Cl2N3O. The van der Waals surface area contributed by atoms with Crippen LogP contribution in [0.5, 0.6) is 5.88 Å². The number of pyridine rings is 1. The zero-order valence-corrected chi connectivity index (χ0v) is 15.3. The fraction of sp³-hybridized carbons (Fsp3) is 0.389. The summed E-state index contributed by atoms with van der Waals surface area (Å²) >= 11 is 0. The van der Waals surface area contributed by atoms with Crippen LogP contribution in [0, 0.1) is 0 Å². The van der Waals surface area contributed by atoms with Gasteiger partial charge >= 0.3 is 0 Å². The lowest BCUT2D eigenvalue weighted by atomic mass is 10.1. The number of piperazine rings is 1. The molecule has 3 rings (SSSR count). The molecule has 6 heteroatoms. The van der Waals surface area contributed by atoms with Gasteiger partial charge in [0.25, 0.3) is 0 Å². The predicted molar refractivity (Wildman–Crippen MR) is 103 cm³/mol. The first-order valence-electron chi connectivity index (χ1n) is 7.95. The van der Waals surface area contributed by atoms with Gasteiger partial charge in [0.05, 0.1) is 6.61 Å². The highest BCUT2D eigenvalue weighted by Gasteiger charge is 2.09.